The van der Waals surface area contributed by atoms with E-state index in [-0.39, 0.29) is 0 Å². The van der Waals surface area contributed by atoms with Crippen molar-refractivity contribution in [2.45, 2.75) is 16.8 Å². The van der Waals surface area contributed by atoms with Gasteiger partial charge in [0.1, 0.15) is 11.5 Å². The van der Waals surface area contributed by atoms with Gasteiger partial charge in [0, 0.05) is 22.8 Å². The average molecular weight is 451 g/mol. The number of rotatable bonds is 8. The third kappa shape index (κ3) is 5.06. The number of nitrogens with one attached hydrogen (secondary N) is 1. The first kappa shape index (κ1) is 21.3. The van der Waals surface area contributed by atoms with Crippen LogP contribution in [0.25, 0.3) is 22.5 Å². The highest BCUT2D eigenvalue weighted by molar-refractivity contribution is 7.98. The third-order valence-electron chi connectivity index (χ3n) is 4.95. The van der Waals surface area contributed by atoms with Crippen LogP contribution < -0.4 is 9.47 Å². The van der Waals surface area contributed by atoms with Crippen LogP contribution >= 0.6 is 23.4 Å². The molecule has 6 heteroatoms. The summed E-state index contributed by atoms with van der Waals surface area (Å²) >= 11 is 7.65. The maximum Gasteiger partial charge on any atom is 0.166 e. The molecule has 4 aromatic rings. The molecule has 3 aromatic carbocycles. The van der Waals surface area contributed by atoms with E-state index in [1.807, 2.05) is 60.7 Å². The Morgan fingerprint density at radius 1 is 0.839 bits per heavy atom. The SMILES string of the molecule is COc1ccc(-c2nc(SCc3cccc(CCl)c3)[nH]c2-c2ccc(OC)cc2)cc1. The first-order chi connectivity index (χ1) is 15.2. The molecule has 0 atom stereocenters. The molecule has 0 fully saturated rings. The molecule has 4 nitrogen and oxygen atoms in total. The van der Waals surface area contributed by atoms with Crippen molar-refractivity contribution < 1.29 is 9.47 Å². The van der Waals surface area contributed by atoms with Crippen LogP contribution in [0.4, 0.5) is 0 Å². The maximum atomic E-state index is 5.98. The Labute approximate surface area is 191 Å². The van der Waals surface area contributed by atoms with Crippen molar-refractivity contribution >= 4 is 23.4 Å². The Kier molecular flexibility index (Phi) is 6.85. The van der Waals surface area contributed by atoms with Crippen LogP contribution in [-0.2, 0) is 11.6 Å². The monoisotopic (exact) mass is 450 g/mol. The van der Waals surface area contributed by atoms with E-state index in [1.165, 1.54) is 5.56 Å². The molecule has 1 N–H and O–H groups in total. The predicted molar refractivity (Wildman–Crippen MR) is 128 cm³/mol. The lowest BCUT2D eigenvalue weighted by Crippen LogP contribution is -1.87. The summed E-state index contributed by atoms with van der Waals surface area (Å²) in [6.45, 7) is 0. The summed E-state index contributed by atoms with van der Waals surface area (Å²) in [5.74, 6) is 2.97. The number of aromatic nitrogens is 2. The van der Waals surface area contributed by atoms with E-state index in [0.717, 1.165) is 50.5 Å². The minimum atomic E-state index is 0.516. The van der Waals surface area contributed by atoms with Crippen molar-refractivity contribution in [1.82, 2.24) is 9.97 Å². The fraction of sp³-hybridized carbons (Fsp3) is 0.160. The molecule has 1 aromatic heterocycles. The van der Waals surface area contributed by atoms with Crippen molar-refractivity contribution in [2.75, 3.05) is 14.2 Å². The number of alkyl halides is 1. The Morgan fingerprint density at radius 3 is 2.06 bits per heavy atom. The fourth-order valence-electron chi connectivity index (χ4n) is 3.30. The van der Waals surface area contributed by atoms with Gasteiger partial charge < -0.3 is 14.5 Å². The molecule has 0 spiro atoms. The topological polar surface area (TPSA) is 47.1 Å². The number of aromatic amines is 1. The number of H-pyrrole nitrogens is 1. The molecule has 31 heavy (non-hydrogen) atoms. The lowest BCUT2D eigenvalue weighted by molar-refractivity contribution is 0.414. The molecule has 4 rings (SSSR count). The van der Waals surface area contributed by atoms with Gasteiger partial charge in [0.25, 0.3) is 0 Å². The fourth-order valence-corrected chi connectivity index (χ4v) is 4.28. The minimum absolute atomic E-state index is 0.516. The summed E-state index contributed by atoms with van der Waals surface area (Å²) < 4.78 is 10.6. The average Bonchev–Trinajstić information content (AvgIpc) is 3.27. The van der Waals surface area contributed by atoms with Crippen LogP contribution in [0.15, 0.2) is 78.0 Å². The zero-order valence-corrected chi connectivity index (χ0v) is 19.0. The van der Waals surface area contributed by atoms with E-state index in [9.17, 15) is 0 Å². The van der Waals surface area contributed by atoms with Gasteiger partial charge in [-0.05, 0) is 59.7 Å². The normalized spacial score (nSPS) is 10.8. The van der Waals surface area contributed by atoms with Gasteiger partial charge in [0.15, 0.2) is 5.16 Å². The Bertz CT molecular complexity index is 1080. The quantitative estimate of drug-likeness (QED) is 0.237. The van der Waals surface area contributed by atoms with Crippen LogP contribution in [0, 0.1) is 0 Å². The maximum absolute atomic E-state index is 5.98. The summed E-state index contributed by atoms with van der Waals surface area (Å²) in [5.41, 5.74) is 6.30. The van der Waals surface area contributed by atoms with E-state index in [0.29, 0.717) is 5.88 Å². The van der Waals surface area contributed by atoms with E-state index in [1.54, 1.807) is 26.0 Å². The van der Waals surface area contributed by atoms with E-state index in [2.05, 4.69) is 17.1 Å². The predicted octanol–water partition coefficient (Wildman–Crippen LogP) is 6.79. The van der Waals surface area contributed by atoms with Gasteiger partial charge in [-0.2, -0.15) is 0 Å². The molecule has 1 heterocycles. The summed E-state index contributed by atoms with van der Waals surface area (Å²) in [6.07, 6.45) is 0. The molecule has 0 saturated carbocycles. The van der Waals surface area contributed by atoms with Crippen LogP contribution in [0.2, 0.25) is 0 Å². The highest BCUT2D eigenvalue weighted by Crippen LogP contribution is 2.35. The number of nitrogens with zero attached hydrogens (tertiary/aromatic N) is 1. The van der Waals surface area contributed by atoms with Gasteiger partial charge in [-0.1, -0.05) is 36.0 Å². The third-order valence-corrected chi connectivity index (χ3v) is 6.20. The zero-order valence-electron chi connectivity index (χ0n) is 17.4. The second-order valence-electron chi connectivity index (χ2n) is 6.96. The largest absolute Gasteiger partial charge is 0.497 e. The van der Waals surface area contributed by atoms with Crippen LogP contribution in [-0.4, -0.2) is 24.2 Å². The summed E-state index contributed by atoms with van der Waals surface area (Å²) in [4.78, 5) is 8.44. The summed E-state index contributed by atoms with van der Waals surface area (Å²) in [5, 5.41) is 0.868. The molecule has 158 valence electrons. The number of ether oxygens (including phenoxy) is 2. The molecule has 0 aliphatic carbocycles. The van der Waals surface area contributed by atoms with Crippen molar-refractivity contribution in [2.24, 2.45) is 0 Å². The highest BCUT2D eigenvalue weighted by Gasteiger charge is 2.15. The highest BCUT2D eigenvalue weighted by atomic mass is 35.5. The van der Waals surface area contributed by atoms with Gasteiger partial charge in [-0.3, -0.25) is 0 Å². The molecule has 0 aliphatic heterocycles. The minimum Gasteiger partial charge on any atom is -0.497 e. The van der Waals surface area contributed by atoms with Crippen LogP contribution in [0.1, 0.15) is 11.1 Å². The summed E-state index contributed by atoms with van der Waals surface area (Å²) in [6, 6.07) is 24.3. The smallest absolute Gasteiger partial charge is 0.166 e. The van der Waals surface area contributed by atoms with E-state index in [4.69, 9.17) is 26.1 Å². The van der Waals surface area contributed by atoms with E-state index >= 15 is 0 Å². The number of halogens is 1. The number of hydrogen-bond donors (Lipinski definition) is 1. The number of hydrogen-bond acceptors (Lipinski definition) is 4. The van der Waals surface area contributed by atoms with Gasteiger partial charge in [0.05, 0.1) is 25.6 Å². The second kappa shape index (κ2) is 9.94. The molecule has 0 aliphatic rings. The summed E-state index contributed by atoms with van der Waals surface area (Å²) in [7, 11) is 3.34. The van der Waals surface area contributed by atoms with Crippen molar-refractivity contribution in [3.63, 3.8) is 0 Å². The molecular formula is C25H23ClN2O2S. The number of imidazole rings is 1. The molecule has 0 saturated heterocycles. The van der Waals surface area contributed by atoms with Gasteiger partial charge in [0.2, 0.25) is 0 Å². The standard InChI is InChI=1S/C25H23ClN2O2S/c1-29-21-10-6-19(7-11-21)23-24(20-8-12-22(30-2)13-9-20)28-25(27-23)31-16-18-5-3-4-17(14-18)15-26/h3-14H,15-16H2,1-2H3,(H,27,28). The Hall–Kier alpha value is -2.89. The second-order valence-corrected chi connectivity index (χ2v) is 8.20. The molecule has 0 amide bonds. The van der Waals surface area contributed by atoms with Crippen molar-refractivity contribution in [3.8, 4) is 34.0 Å². The Morgan fingerprint density at radius 2 is 1.45 bits per heavy atom. The Balaban J connectivity index is 1.66. The molecule has 0 bridgehead atoms. The van der Waals surface area contributed by atoms with Gasteiger partial charge in [-0.15, -0.1) is 11.6 Å². The number of benzene rings is 3. The van der Waals surface area contributed by atoms with E-state index < -0.39 is 0 Å². The van der Waals surface area contributed by atoms with Crippen molar-refractivity contribution in [1.29, 1.82) is 0 Å². The van der Waals surface area contributed by atoms with Crippen molar-refractivity contribution in [3.05, 3.63) is 83.9 Å². The number of thioether (sulfide) groups is 1. The number of methoxy groups -OCH3 is 2. The van der Waals surface area contributed by atoms with Crippen LogP contribution in [0.5, 0.6) is 11.5 Å². The molecule has 0 radical (unpaired) electrons. The lowest BCUT2D eigenvalue weighted by atomic mass is 10.0. The van der Waals surface area contributed by atoms with Gasteiger partial charge >= 0.3 is 0 Å². The first-order valence-electron chi connectivity index (χ1n) is 9.85. The molecule has 0 unspecified atom stereocenters. The molecular weight excluding hydrogens is 428 g/mol. The lowest BCUT2D eigenvalue weighted by Gasteiger charge is -2.06. The van der Waals surface area contributed by atoms with Crippen LogP contribution in [0.3, 0.4) is 0 Å². The first-order valence-corrected chi connectivity index (χ1v) is 11.4. The van der Waals surface area contributed by atoms with Gasteiger partial charge in [-0.25, -0.2) is 4.98 Å². The zero-order chi connectivity index (χ0) is 21.6.